The zero-order valence-corrected chi connectivity index (χ0v) is 18.6. The highest BCUT2D eigenvalue weighted by atomic mass is 32.2. The van der Waals surface area contributed by atoms with Crippen LogP contribution >= 0.6 is 0 Å². The monoisotopic (exact) mass is 416 g/mol. The number of carbonyl (C=O) groups is 1. The zero-order chi connectivity index (χ0) is 21.4. The molecule has 0 fully saturated rings. The Balaban J connectivity index is 2.03. The van der Waals surface area contributed by atoms with Crippen molar-refractivity contribution in [2.24, 2.45) is 5.92 Å². The number of unbranched alkanes of at least 4 members (excludes halogenated alkanes) is 1. The van der Waals surface area contributed by atoms with Gasteiger partial charge < -0.3 is 10.6 Å². The van der Waals surface area contributed by atoms with E-state index in [2.05, 4.69) is 55.7 Å². The molecular formula is C23H32N2O3S. The second kappa shape index (κ2) is 10.6. The number of aryl methyl sites for hydroxylation is 1. The highest BCUT2D eigenvalue weighted by Gasteiger charge is 2.18. The average molecular weight is 417 g/mol. The number of carbonyl (C=O) groups excluding carboxylic acids is 1. The van der Waals surface area contributed by atoms with Gasteiger partial charge in [0, 0.05) is 12.3 Å². The van der Waals surface area contributed by atoms with Crippen LogP contribution in [-0.4, -0.2) is 27.1 Å². The number of anilines is 1. The van der Waals surface area contributed by atoms with Gasteiger partial charge in [-0.2, -0.15) is 0 Å². The van der Waals surface area contributed by atoms with Gasteiger partial charge in [-0.05, 0) is 42.0 Å². The molecule has 0 aliphatic rings. The first-order valence-electron chi connectivity index (χ1n) is 10.1. The van der Waals surface area contributed by atoms with Crippen LogP contribution in [0.3, 0.4) is 0 Å². The van der Waals surface area contributed by atoms with E-state index in [0.29, 0.717) is 11.6 Å². The Morgan fingerprint density at radius 2 is 1.69 bits per heavy atom. The van der Waals surface area contributed by atoms with Gasteiger partial charge in [-0.25, -0.2) is 8.42 Å². The molecule has 0 radical (unpaired) electrons. The number of hydrogen-bond acceptors (Lipinski definition) is 4. The highest BCUT2D eigenvalue weighted by Crippen LogP contribution is 2.23. The molecule has 0 aromatic heterocycles. The van der Waals surface area contributed by atoms with Gasteiger partial charge in [0.15, 0.2) is 9.84 Å². The lowest BCUT2D eigenvalue weighted by Crippen LogP contribution is -2.33. The molecule has 2 N–H and O–H groups in total. The quantitative estimate of drug-likeness (QED) is 0.603. The molecule has 0 spiro atoms. The minimum absolute atomic E-state index is 0.0335. The number of rotatable bonds is 10. The molecule has 2 aromatic rings. The molecule has 2 aromatic carbocycles. The van der Waals surface area contributed by atoms with Crippen molar-refractivity contribution in [3.63, 3.8) is 0 Å². The fourth-order valence-electron chi connectivity index (χ4n) is 3.30. The fraction of sp³-hybridized carbons (Fsp3) is 0.435. The molecular weight excluding hydrogens is 384 g/mol. The normalized spacial score (nSPS) is 12.7. The lowest BCUT2D eigenvalue weighted by atomic mass is 9.94. The van der Waals surface area contributed by atoms with Crippen LogP contribution < -0.4 is 10.6 Å². The maximum atomic E-state index is 12.5. The van der Waals surface area contributed by atoms with Crippen LogP contribution in [0.15, 0.2) is 53.4 Å². The van der Waals surface area contributed by atoms with Crippen LogP contribution in [-0.2, 0) is 21.1 Å². The highest BCUT2D eigenvalue weighted by molar-refractivity contribution is 7.90. The van der Waals surface area contributed by atoms with E-state index in [4.69, 9.17) is 0 Å². The maximum absolute atomic E-state index is 12.5. The number of hydrogen-bond donors (Lipinski definition) is 2. The van der Waals surface area contributed by atoms with Gasteiger partial charge in [0.2, 0.25) is 5.91 Å². The van der Waals surface area contributed by atoms with E-state index in [9.17, 15) is 13.2 Å². The molecule has 1 atom stereocenters. The average Bonchev–Trinajstić information content (AvgIpc) is 2.66. The summed E-state index contributed by atoms with van der Waals surface area (Å²) in [6, 6.07) is 15.0. The van der Waals surface area contributed by atoms with Gasteiger partial charge in [-0.1, -0.05) is 63.6 Å². The lowest BCUT2D eigenvalue weighted by Gasteiger charge is -2.23. The summed E-state index contributed by atoms with van der Waals surface area (Å²) in [7, 11) is -3.41. The summed E-state index contributed by atoms with van der Waals surface area (Å²) < 4.78 is 23.8. The summed E-state index contributed by atoms with van der Waals surface area (Å²) in [5.41, 5.74) is 2.78. The molecule has 5 nitrogen and oxygen atoms in total. The van der Waals surface area contributed by atoms with Crippen LogP contribution in [0.25, 0.3) is 0 Å². The summed E-state index contributed by atoms with van der Waals surface area (Å²) in [5.74, 6) is 0.0268. The van der Waals surface area contributed by atoms with E-state index in [-0.39, 0.29) is 23.4 Å². The fourth-order valence-corrected chi connectivity index (χ4v) is 4.15. The van der Waals surface area contributed by atoms with Crippen molar-refractivity contribution in [2.75, 3.05) is 18.1 Å². The molecule has 0 bridgehead atoms. The summed E-state index contributed by atoms with van der Waals surface area (Å²) in [6.07, 6.45) is 4.57. The summed E-state index contributed by atoms with van der Waals surface area (Å²) in [6.45, 7) is 6.50. The van der Waals surface area contributed by atoms with Gasteiger partial charge in [-0.15, -0.1) is 0 Å². The van der Waals surface area contributed by atoms with E-state index < -0.39 is 9.84 Å². The van der Waals surface area contributed by atoms with E-state index in [0.717, 1.165) is 18.2 Å². The number of nitrogens with one attached hydrogen (secondary N) is 2. The molecule has 1 amide bonds. The van der Waals surface area contributed by atoms with Crippen molar-refractivity contribution in [2.45, 2.75) is 51.0 Å². The Labute approximate surface area is 174 Å². The molecule has 0 saturated carbocycles. The molecule has 0 aliphatic carbocycles. The number of benzene rings is 2. The number of sulfone groups is 1. The molecule has 29 heavy (non-hydrogen) atoms. The third-order valence-corrected chi connectivity index (χ3v) is 6.02. The standard InChI is InChI=1S/C23H32N2O3S/c1-5-6-9-18-12-14-19(15-13-18)23(17(2)3)24-16-22(26)25-20-10-7-8-11-21(20)29(4,27)28/h7-8,10-15,17,23-24H,5-6,9,16H2,1-4H3,(H,25,26)/t23-/m0/s1. The number of amides is 1. The van der Waals surface area contributed by atoms with Crippen LogP contribution in [0.1, 0.15) is 50.8 Å². The molecule has 2 rings (SSSR count). The molecule has 0 heterocycles. The number of para-hydroxylation sites is 1. The van der Waals surface area contributed by atoms with E-state index in [1.54, 1.807) is 18.2 Å². The van der Waals surface area contributed by atoms with Gasteiger partial charge in [-0.3, -0.25) is 4.79 Å². The van der Waals surface area contributed by atoms with Gasteiger partial charge in [0.1, 0.15) is 0 Å². The third-order valence-electron chi connectivity index (χ3n) is 4.87. The summed E-state index contributed by atoms with van der Waals surface area (Å²) in [5, 5.41) is 6.03. The zero-order valence-electron chi connectivity index (χ0n) is 17.7. The Bertz CT molecular complexity index is 906. The molecule has 0 unspecified atom stereocenters. The largest absolute Gasteiger partial charge is 0.324 e. The molecule has 0 saturated heterocycles. The van der Waals surface area contributed by atoms with Crippen LogP contribution in [0, 0.1) is 5.92 Å². The van der Waals surface area contributed by atoms with Crippen molar-refractivity contribution in [1.82, 2.24) is 5.32 Å². The van der Waals surface area contributed by atoms with Gasteiger partial charge in [0.05, 0.1) is 17.1 Å². The van der Waals surface area contributed by atoms with E-state index >= 15 is 0 Å². The topological polar surface area (TPSA) is 75.3 Å². The van der Waals surface area contributed by atoms with Crippen LogP contribution in [0.4, 0.5) is 5.69 Å². The second-order valence-corrected chi connectivity index (χ2v) is 9.75. The molecule has 6 heteroatoms. The van der Waals surface area contributed by atoms with Gasteiger partial charge >= 0.3 is 0 Å². The third kappa shape index (κ3) is 6.98. The summed E-state index contributed by atoms with van der Waals surface area (Å²) in [4.78, 5) is 12.6. The first kappa shape index (κ1) is 23.1. The van der Waals surface area contributed by atoms with E-state index in [1.165, 1.54) is 24.5 Å². The van der Waals surface area contributed by atoms with Crippen LogP contribution in [0.2, 0.25) is 0 Å². The maximum Gasteiger partial charge on any atom is 0.238 e. The van der Waals surface area contributed by atoms with Crippen molar-refractivity contribution in [3.8, 4) is 0 Å². The smallest absolute Gasteiger partial charge is 0.238 e. The Hall–Kier alpha value is -2.18. The molecule has 0 aliphatic heterocycles. The second-order valence-electron chi connectivity index (χ2n) is 7.76. The Morgan fingerprint density at radius 1 is 1.03 bits per heavy atom. The Morgan fingerprint density at radius 3 is 2.28 bits per heavy atom. The van der Waals surface area contributed by atoms with Crippen molar-refractivity contribution >= 4 is 21.4 Å². The first-order valence-corrected chi connectivity index (χ1v) is 12.0. The van der Waals surface area contributed by atoms with Crippen molar-refractivity contribution < 1.29 is 13.2 Å². The van der Waals surface area contributed by atoms with Crippen molar-refractivity contribution in [3.05, 3.63) is 59.7 Å². The SMILES string of the molecule is CCCCc1ccc([C@@H](NCC(=O)Nc2ccccc2S(C)(=O)=O)C(C)C)cc1. The minimum Gasteiger partial charge on any atom is -0.324 e. The lowest BCUT2D eigenvalue weighted by molar-refractivity contribution is -0.115. The Kier molecular flexibility index (Phi) is 8.41. The predicted molar refractivity (Wildman–Crippen MR) is 119 cm³/mol. The van der Waals surface area contributed by atoms with Crippen LogP contribution in [0.5, 0.6) is 0 Å². The van der Waals surface area contributed by atoms with E-state index in [1.807, 2.05) is 0 Å². The minimum atomic E-state index is -3.41. The predicted octanol–water partition coefficient (Wildman–Crippen LogP) is 4.36. The van der Waals surface area contributed by atoms with Gasteiger partial charge in [0.25, 0.3) is 0 Å². The first-order chi connectivity index (χ1) is 13.7. The summed E-state index contributed by atoms with van der Waals surface area (Å²) >= 11 is 0. The van der Waals surface area contributed by atoms with Crippen molar-refractivity contribution in [1.29, 1.82) is 0 Å². The molecule has 158 valence electrons.